The molecule has 0 atom stereocenters. The number of hydrogen-bond acceptors (Lipinski definition) is 4. The summed E-state index contributed by atoms with van der Waals surface area (Å²) in [7, 11) is 3.52. The van der Waals surface area contributed by atoms with E-state index in [0.717, 1.165) is 53.6 Å². The zero-order valence-corrected chi connectivity index (χ0v) is 20.0. The number of likely N-dealkylation sites (tertiary alicyclic amines) is 1. The van der Waals surface area contributed by atoms with Crippen LogP contribution in [0, 0.1) is 5.92 Å². The number of likely N-dealkylation sites (N-methyl/N-ethyl adjacent to an activating group) is 1. The molecule has 34 heavy (non-hydrogen) atoms. The summed E-state index contributed by atoms with van der Waals surface area (Å²) in [5, 5.41) is 5.30. The summed E-state index contributed by atoms with van der Waals surface area (Å²) in [6.45, 7) is 3.05. The van der Waals surface area contributed by atoms with Gasteiger partial charge in [0.05, 0.1) is 13.7 Å². The highest BCUT2D eigenvalue weighted by Crippen LogP contribution is 2.23. The molecule has 1 fully saturated rings. The Morgan fingerprint density at radius 3 is 2.41 bits per heavy atom. The zero-order valence-electron chi connectivity index (χ0n) is 20.0. The molecule has 0 aromatic heterocycles. The zero-order chi connectivity index (χ0) is 23.9. The monoisotopic (exact) mass is 459 g/mol. The van der Waals surface area contributed by atoms with Gasteiger partial charge in [0.1, 0.15) is 5.75 Å². The van der Waals surface area contributed by atoms with Gasteiger partial charge in [0, 0.05) is 26.1 Å². The molecule has 0 saturated carbocycles. The van der Waals surface area contributed by atoms with Crippen LogP contribution in [0.1, 0.15) is 24.0 Å². The minimum Gasteiger partial charge on any atom is -0.497 e. The van der Waals surface area contributed by atoms with Gasteiger partial charge >= 0.3 is 0 Å². The second-order valence-corrected chi connectivity index (χ2v) is 9.05. The Labute approximate surface area is 201 Å². The van der Waals surface area contributed by atoms with Crippen LogP contribution in [-0.2, 0) is 22.7 Å². The standard InChI is InChI=1S/C28H33N3O3/c1-30(19-22-8-9-25-17-26(34-2)11-10-24(25)16-22)27(32)20-31-14-12-23(13-15-31)28(33)29-18-21-6-4-3-5-7-21/h3-11,16-17,23H,12-15,18-20H2,1-2H3,(H,29,33). The first-order valence-corrected chi connectivity index (χ1v) is 11.9. The van der Waals surface area contributed by atoms with Crippen molar-refractivity contribution in [1.82, 2.24) is 15.1 Å². The molecule has 0 radical (unpaired) electrons. The predicted molar refractivity (Wildman–Crippen MR) is 134 cm³/mol. The maximum atomic E-state index is 12.8. The molecule has 3 aromatic carbocycles. The van der Waals surface area contributed by atoms with Gasteiger partial charge in [-0.15, -0.1) is 0 Å². The molecule has 0 bridgehead atoms. The van der Waals surface area contributed by atoms with Gasteiger partial charge in [-0.3, -0.25) is 14.5 Å². The molecule has 0 spiro atoms. The molecule has 6 heteroatoms. The third-order valence-corrected chi connectivity index (χ3v) is 6.58. The van der Waals surface area contributed by atoms with Crippen LogP contribution in [0.15, 0.2) is 66.7 Å². The fourth-order valence-electron chi connectivity index (χ4n) is 4.46. The molecule has 6 nitrogen and oxygen atoms in total. The molecule has 3 aromatic rings. The highest BCUT2D eigenvalue weighted by molar-refractivity contribution is 5.85. The number of amides is 2. The molecular formula is C28H33N3O3. The lowest BCUT2D eigenvalue weighted by Gasteiger charge is -2.32. The first-order valence-electron chi connectivity index (χ1n) is 11.9. The fraction of sp³-hybridized carbons (Fsp3) is 0.357. The van der Waals surface area contributed by atoms with Gasteiger partial charge in [-0.05, 0) is 66.0 Å². The van der Waals surface area contributed by atoms with Crippen molar-refractivity contribution < 1.29 is 14.3 Å². The Bertz CT molecular complexity index is 1120. The molecule has 1 heterocycles. The number of carbonyl (C=O) groups excluding carboxylic acids is 2. The molecule has 0 aliphatic carbocycles. The van der Waals surface area contributed by atoms with E-state index < -0.39 is 0 Å². The highest BCUT2D eigenvalue weighted by Gasteiger charge is 2.26. The number of carbonyl (C=O) groups is 2. The Balaban J connectivity index is 1.22. The molecule has 1 N–H and O–H groups in total. The van der Waals surface area contributed by atoms with Gasteiger partial charge in [0.25, 0.3) is 0 Å². The first-order chi connectivity index (χ1) is 16.5. The maximum absolute atomic E-state index is 12.8. The molecule has 1 aliphatic heterocycles. The number of methoxy groups -OCH3 is 1. The van der Waals surface area contributed by atoms with Gasteiger partial charge in [0.15, 0.2) is 0 Å². The number of hydrogen-bond donors (Lipinski definition) is 1. The summed E-state index contributed by atoms with van der Waals surface area (Å²) < 4.78 is 5.29. The highest BCUT2D eigenvalue weighted by atomic mass is 16.5. The Kier molecular flexibility index (Phi) is 7.80. The van der Waals surface area contributed by atoms with Crippen molar-refractivity contribution in [2.75, 3.05) is 33.8 Å². The van der Waals surface area contributed by atoms with Crippen LogP contribution in [0.5, 0.6) is 5.75 Å². The van der Waals surface area contributed by atoms with Crippen LogP contribution in [0.4, 0.5) is 0 Å². The molecular weight excluding hydrogens is 426 g/mol. The van der Waals surface area contributed by atoms with Crippen molar-refractivity contribution >= 4 is 22.6 Å². The van der Waals surface area contributed by atoms with Crippen molar-refractivity contribution in [2.45, 2.75) is 25.9 Å². The number of ether oxygens (including phenoxy) is 1. The molecule has 0 unspecified atom stereocenters. The second kappa shape index (κ2) is 11.2. The summed E-state index contributed by atoms with van der Waals surface area (Å²) >= 11 is 0. The quantitative estimate of drug-likeness (QED) is 0.556. The molecule has 4 rings (SSSR count). The smallest absolute Gasteiger partial charge is 0.236 e. The summed E-state index contributed by atoms with van der Waals surface area (Å²) in [4.78, 5) is 29.3. The summed E-state index contributed by atoms with van der Waals surface area (Å²) in [6.07, 6.45) is 1.57. The lowest BCUT2D eigenvalue weighted by atomic mass is 9.96. The third kappa shape index (κ3) is 6.14. The van der Waals surface area contributed by atoms with Crippen LogP contribution in [0.3, 0.4) is 0 Å². The number of fused-ring (bicyclic) bond motifs is 1. The molecule has 178 valence electrons. The number of nitrogens with one attached hydrogen (secondary N) is 1. The molecule has 1 aliphatic rings. The average molecular weight is 460 g/mol. The van der Waals surface area contributed by atoms with E-state index in [1.165, 1.54) is 0 Å². The van der Waals surface area contributed by atoms with Crippen molar-refractivity contribution in [2.24, 2.45) is 5.92 Å². The number of piperidine rings is 1. The van der Waals surface area contributed by atoms with Crippen molar-refractivity contribution in [1.29, 1.82) is 0 Å². The van der Waals surface area contributed by atoms with E-state index in [2.05, 4.69) is 28.4 Å². The normalized spacial score (nSPS) is 14.6. The third-order valence-electron chi connectivity index (χ3n) is 6.58. The van der Waals surface area contributed by atoms with Crippen molar-refractivity contribution in [3.8, 4) is 5.75 Å². The minimum atomic E-state index is 0.0176. The maximum Gasteiger partial charge on any atom is 0.236 e. The van der Waals surface area contributed by atoms with E-state index in [4.69, 9.17) is 4.74 Å². The van der Waals surface area contributed by atoms with E-state index in [-0.39, 0.29) is 17.7 Å². The van der Waals surface area contributed by atoms with Gasteiger partial charge in [-0.1, -0.05) is 48.5 Å². The Hall–Kier alpha value is -3.38. The van der Waals surface area contributed by atoms with Gasteiger partial charge < -0.3 is 15.0 Å². The van der Waals surface area contributed by atoms with Crippen LogP contribution in [-0.4, -0.2) is 55.4 Å². The van der Waals surface area contributed by atoms with Crippen molar-refractivity contribution in [3.05, 3.63) is 77.9 Å². The lowest BCUT2D eigenvalue weighted by molar-refractivity contribution is -0.132. The topological polar surface area (TPSA) is 61.9 Å². The first kappa shape index (κ1) is 23.8. The summed E-state index contributed by atoms with van der Waals surface area (Å²) in [6, 6.07) is 22.2. The fourth-order valence-corrected chi connectivity index (χ4v) is 4.46. The van der Waals surface area contributed by atoms with E-state index in [1.807, 2.05) is 55.6 Å². The number of nitrogens with zero attached hydrogens (tertiary/aromatic N) is 2. The Morgan fingerprint density at radius 2 is 1.68 bits per heavy atom. The number of rotatable bonds is 8. The van der Waals surface area contributed by atoms with Crippen LogP contribution in [0.2, 0.25) is 0 Å². The van der Waals surface area contributed by atoms with E-state index in [9.17, 15) is 9.59 Å². The average Bonchev–Trinajstić information content (AvgIpc) is 2.88. The predicted octanol–water partition coefficient (Wildman–Crippen LogP) is 3.84. The second-order valence-electron chi connectivity index (χ2n) is 9.05. The van der Waals surface area contributed by atoms with Crippen molar-refractivity contribution in [3.63, 3.8) is 0 Å². The van der Waals surface area contributed by atoms with E-state index in [1.54, 1.807) is 12.0 Å². The van der Waals surface area contributed by atoms with Crippen LogP contribution in [0.25, 0.3) is 10.8 Å². The summed E-state index contributed by atoms with van der Waals surface area (Å²) in [5.41, 5.74) is 2.20. The Morgan fingerprint density at radius 1 is 0.971 bits per heavy atom. The molecule has 2 amide bonds. The van der Waals surface area contributed by atoms with Crippen LogP contribution >= 0.6 is 0 Å². The summed E-state index contributed by atoms with van der Waals surface area (Å²) in [5.74, 6) is 1.07. The van der Waals surface area contributed by atoms with Gasteiger partial charge in [-0.25, -0.2) is 0 Å². The van der Waals surface area contributed by atoms with Crippen LogP contribution < -0.4 is 10.1 Å². The lowest BCUT2D eigenvalue weighted by Crippen LogP contribution is -2.44. The number of benzene rings is 3. The van der Waals surface area contributed by atoms with E-state index in [0.29, 0.717) is 19.6 Å². The SMILES string of the molecule is COc1ccc2cc(CN(C)C(=O)CN3CCC(C(=O)NCc4ccccc4)CC3)ccc2c1. The van der Waals surface area contributed by atoms with Gasteiger partial charge in [0.2, 0.25) is 11.8 Å². The van der Waals surface area contributed by atoms with Gasteiger partial charge in [-0.2, -0.15) is 0 Å². The molecule has 1 saturated heterocycles. The largest absolute Gasteiger partial charge is 0.497 e. The minimum absolute atomic E-state index is 0.0176. The van der Waals surface area contributed by atoms with E-state index >= 15 is 0 Å².